The van der Waals surface area contributed by atoms with E-state index in [1.54, 1.807) is 0 Å². The fourth-order valence-corrected chi connectivity index (χ4v) is 8.35. The number of amidine groups is 2. The van der Waals surface area contributed by atoms with Gasteiger partial charge >= 0.3 is 0 Å². The summed E-state index contributed by atoms with van der Waals surface area (Å²) in [6.07, 6.45) is -0.398. The molecule has 0 fully saturated rings. The Kier molecular flexibility index (Phi) is 8.52. The third-order valence-corrected chi connectivity index (χ3v) is 11.3. The predicted molar refractivity (Wildman–Crippen MR) is 245 cm³/mol. The molecule has 59 heavy (non-hydrogen) atoms. The summed E-state index contributed by atoms with van der Waals surface area (Å²) in [4.78, 5) is 10.7. The highest BCUT2D eigenvalue weighted by atomic mass is 16.3. The van der Waals surface area contributed by atoms with Gasteiger partial charge in [-0.25, -0.2) is 9.98 Å². The summed E-state index contributed by atoms with van der Waals surface area (Å²) >= 11 is 0. The van der Waals surface area contributed by atoms with E-state index in [0.717, 1.165) is 88.6 Å². The molecular weight excluding hydrogens is 719 g/mol. The van der Waals surface area contributed by atoms with Gasteiger partial charge in [0.2, 0.25) is 0 Å². The van der Waals surface area contributed by atoms with E-state index in [1.165, 1.54) is 11.1 Å². The van der Waals surface area contributed by atoms with Crippen LogP contribution in [0.2, 0.25) is 0 Å². The van der Waals surface area contributed by atoms with Crippen LogP contribution in [0.15, 0.2) is 227 Å². The Morgan fingerprint density at radius 1 is 0.390 bits per heavy atom. The van der Waals surface area contributed by atoms with Gasteiger partial charge in [-0.15, -0.1) is 0 Å². The van der Waals surface area contributed by atoms with Crippen LogP contribution in [0.25, 0.3) is 77.2 Å². The number of rotatable bonds is 7. The first-order chi connectivity index (χ1) is 29.2. The average Bonchev–Trinajstić information content (AvgIpc) is 3.68. The molecule has 0 radical (unpaired) electrons. The van der Waals surface area contributed by atoms with E-state index in [2.05, 4.69) is 206 Å². The molecule has 11 rings (SSSR count). The molecule has 0 amide bonds. The number of benzene rings is 9. The van der Waals surface area contributed by atoms with E-state index in [1.807, 2.05) is 12.1 Å². The van der Waals surface area contributed by atoms with Crippen LogP contribution in [0.5, 0.6) is 0 Å². The normalized spacial score (nSPS) is 13.9. The zero-order chi connectivity index (χ0) is 39.1. The molecule has 1 unspecified atom stereocenters. The van der Waals surface area contributed by atoms with Crippen molar-refractivity contribution < 1.29 is 4.42 Å². The SMILES string of the molecule is c1ccc(-c2ccc(C3=NC(c4ccc(-c5ccccc5)cc4)NC(c4cc(-c5ccccc5-c5ccccc5)cc5oc6cc7ccccc7cc6c45)=N3)cc2)cc1. The fourth-order valence-electron chi connectivity index (χ4n) is 8.35. The van der Waals surface area contributed by atoms with Gasteiger partial charge in [0.1, 0.15) is 23.2 Å². The van der Waals surface area contributed by atoms with Crippen molar-refractivity contribution in [2.45, 2.75) is 6.17 Å². The van der Waals surface area contributed by atoms with Crippen molar-refractivity contribution in [1.29, 1.82) is 0 Å². The van der Waals surface area contributed by atoms with Crippen molar-refractivity contribution in [2.75, 3.05) is 0 Å². The van der Waals surface area contributed by atoms with Crippen molar-refractivity contribution in [2.24, 2.45) is 9.98 Å². The molecule has 1 aliphatic heterocycles. The molecule has 0 saturated heterocycles. The number of nitrogens with zero attached hydrogens (tertiary/aromatic N) is 2. The van der Waals surface area contributed by atoms with Gasteiger partial charge in [0.15, 0.2) is 5.84 Å². The maximum Gasteiger partial charge on any atom is 0.159 e. The molecule has 0 saturated carbocycles. The highest BCUT2D eigenvalue weighted by Gasteiger charge is 2.26. The second kappa shape index (κ2) is 14.6. The molecule has 1 atom stereocenters. The minimum atomic E-state index is -0.398. The van der Waals surface area contributed by atoms with Crippen LogP contribution >= 0.6 is 0 Å². The molecular formula is C55H37N3O. The zero-order valence-electron chi connectivity index (χ0n) is 32.1. The first kappa shape index (κ1) is 34.4. The average molecular weight is 756 g/mol. The summed E-state index contributed by atoms with van der Waals surface area (Å²) in [6.45, 7) is 0. The summed E-state index contributed by atoms with van der Waals surface area (Å²) in [5.74, 6) is 1.40. The van der Waals surface area contributed by atoms with E-state index in [0.29, 0.717) is 5.84 Å². The maximum absolute atomic E-state index is 6.82. The summed E-state index contributed by atoms with van der Waals surface area (Å²) in [5, 5.41) is 8.16. The Balaban J connectivity index is 1.11. The van der Waals surface area contributed by atoms with Gasteiger partial charge in [0, 0.05) is 21.9 Å². The number of hydrogen-bond acceptors (Lipinski definition) is 4. The minimum Gasteiger partial charge on any atom is -0.456 e. The summed E-state index contributed by atoms with van der Waals surface area (Å²) in [5.41, 5.74) is 13.7. The number of hydrogen-bond donors (Lipinski definition) is 1. The molecule has 2 heterocycles. The van der Waals surface area contributed by atoms with Crippen molar-refractivity contribution in [3.05, 3.63) is 229 Å². The first-order valence-electron chi connectivity index (χ1n) is 20.0. The van der Waals surface area contributed by atoms with Crippen LogP contribution < -0.4 is 5.32 Å². The molecule has 0 aliphatic carbocycles. The number of fused-ring (bicyclic) bond motifs is 4. The Morgan fingerprint density at radius 3 is 1.54 bits per heavy atom. The van der Waals surface area contributed by atoms with Crippen LogP contribution in [-0.2, 0) is 0 Å². The molecule has 1 aromatic heterocycles. The first-order valence-corrected chi connectivity index (χ1v) is 20.0. The number of furan rings is 1. The smallest absolute Gasteiger partial charge is 0.159 e. The van der Waals surface area contributed by atoms with Gasteiger partial charge in [0.25, 0.3) is 0 Å². The lowest BCUT2D eigenvalue weighted by Crippen LogP contribution is -2.33. The molecule has 0 spiro atoms. The highest BCUT2D eigenvalue weighted by Crippen LogP contribution is 2.40. The Hall–Kier alpha value is -7.82. The fraction of sp³-hybridized carbons (Fsp3) is 0.0182. The largest absolute Gasteiger partial charge is 0.456 e. The summed E-state index contributed by atoms with van der Waals surface area (Å²) < 4.78 is 6.82. The Labute approximate surface area is 342 Å². The predicted octanol–water partition coefficient (Wildman–Crippen LogP) is 13.9. The monoisotopic (exact) mass is 755 g/mol. The second-order valence-corrected chi connectivity index (χ2v) is 15.0. The molecule has 278 valence electrons. The van der Waals surface area contributed by atoms with Gasteiger partial charge in [0.05, 0.1) is 0 Å². The summed E-state index contributed by atoms with van der Waals surface area (Å²) in [7, 11) is 0. The molecule has 4 heteroatoms. The van der Waals surface area contributed by atoms with Crippen molar-refractivity contribution in [3.8, 4) is 44.5 Å². The van der Waals surface area contributed by atoms with Crippen molar-refractivity contribution in [1.82, 2.24) is 5.32 Å². The van der Waals surface area contributed by atoms with Crippen molar-refractivity contribution >= 4 is 44.4 Å². The lowest BCUT2D eigenvalue weighted by atomic mass is 9.92. The Morgan fingerprint density at radius 2 is 0.898 bits per heavy atom. The molecule has 1 aliphatic rings. The van der Waals surface area contributed by atoms with E-state index >= 15 is 0 Å². The van der Waals surface area contributed by atoms with Crippen molar-refractivity contribution in [3.63, 3.8) is 0 Å². The van der Waals surface area contributed by atoms with Gasteiger partial charge < -0.3 is 9.73 Å². The molecule has 1 N–H and O–H groups in total. The number of aliphatic imine (C=N–C) groups is 2. The molecule has 9 aromatic carbocycles. The van der Waals surface area contributed by atoms with E-state index in [-0.39, 0.29) is 0 Å². The third-order valence-electron chi connectivity index (χ3n) is 11.3. The van der Waals surface area contributed by atoms with E-state index in [9.17, 15) is 0 Å². The Bertz CT molecular complexity index is 3200. The van der Waals surface area contributed by atoms with Crippen LogP contribution in [0.3, 0.4) is 0 Å². The maximum atomic E-state index is 6.82. The lowest BCUT2D eigenvalue weighted by Gasteiger charge is -2.25. The molecule has 10 aromatic rings. The minimum absolute atomic E-state index is 0.398. The van der Waals surface area contributed by atoms with E-state index in [4.69, 9.17) is 14.4 Å². The zero-order valence-corrected chi connectivity index (χ0v) is 32.1. The lowest BCUT2D eigenvalue weighted by molar-refractivity contribution is 0.668. The second-order valence-electron chi connectivity index (χ2n) is 15.0. The number of nitrogens with one attached hydrogen (secondary N) is 1. The van der Waals surface area contributed by atoms with Gasteiger partial charge in [-0.2, -0.15) is 0 Å². The van der Waals surface area contributed by atoms with Crippen LogP contribution in [0.1, 0.15) is 22.9 Å². The third kappa shape index (κ3) is 6.47. The standard InChI is InChI=1S/C55H37N3O/c1-4-14-36(15-5-1)38-24-28-41(29-25-38)53-56-54(42-30-26-39(27-31-42)37-16-6-2-7-17-37)58-55(57-53)49-33-45(47-23-13-12-22-46(47)40-18-8-3-9-19-40)35-51-52(49)48-32-43-20-10-11-21-44(43)34-50(48)59-51/h1-35,53H,(H,56,57,58). The van der Waals surface area contributed by atoms with E-state index < -0.39 is 6.17 Å². The topological polar surface area (TPSA) is 49.9 Å². The van der Waals surface area contributed by atoms with Gasteiger partial charge in [-0.1, -0.05) is 188 Å². The molecule has 4 nitrogen and oxygen atoms in total. The quantitative estimate of drug-likeness (QED) is 0.176. The molecule has 0 bridgehead atoms. The van der Waals surface area contributed by atoms with Crippen LogP contribution in [-0.4, -0.2) is 11.7 Å². The van der Waals surface area contributed by atoms with Crippen LogP contribution in [0, 0.1) is 0 Å². The highest BCUT2D eigenvalue weighted by molar-refractivity contribution is 6.23. The summed E-state index contributed by atoms with van der Waals surface area (Å²) in [6, 6.07) is 74.6. The van der Waals surface area contributed by atoms with Gasteiger partial charge in [-0.3, -0.25) is 0 Å². The van der Waals surface area contributed by atoms with Gasteiger partial charge in [-0.05, 0) is 85.1 Å². The van der Waals surface area contributed by atoms with Crippen LogP contribution in [0.4, 0.5) is 0 Å².